The summed E-state index contributed by atoms with van der Waals surface area (Å²) in [5, 5.41) is 17.1. The van der Waals surface area contributed by atoms with Crippen molar-refractivity contribution in [3.63, 3.8) is 0 Å². The summed E-state index contributed by atoms with van der Waals surface area (Å²) in [6.45, 7) is 10.8. The summed E-state index contributed by atoms with van der Waals surface area (Å²) < 4.78 is 48.0. The molecule has 2 aromatic heterocycles. The molecule has 1 aliphatic carbocycles. The largest absolute Gasteiger partial charge is 0.489 e. The number of nitrogens with zero attached hydrogens (tertiary/aromatic N) is 5. The van der Waals surface area contributed by atoms with Gasteiger partial charge in [-0.05, 0) is 78.6 Å². The van der Waals surface area contributed by atoms with E-state index in [1.165, 1.54) is 35.0 Å². The molecular weight excluding hydrogens is 872 g/mol. The predicted molar refractivity (Wildman–Crippen MR) is 248 cm³/mol. The maximum Gasteiger partial charge on any atom is 0.297 e. The van der Waals surface area contributed by atoms with Gasteiger partial charge in [0.15, 0.2) is 11.4 Å². The van der Waals surface area contributed by atoms with Gasteiger partial charge in [0.25, 0.3) is 21.6 Å². The highest BCUT2D eigenvalue weighted by atomic mass is 35.5. The van der Waals surface area contributed by atoms with E-state index < -0.39 is 31.4 Å². The molecule has 5 aromatic rings. The Morgan fingerprint density at radius 3 is 2.63 bits per heavy atom. The Morgan fingerprint density at radius 2 is 1.88 bits per heavy atom. The number of benzene rings is 3. The minimum atomic E-state index is -4.66. The Kier molecular flexibility index (Phi) is 11.5. The molecular formula is C47H51ClN8O8S. The number of sulfonamides is 1. The first-order valence-corrected chi connectivity index (χ1v) is 23.9. The number of morpholine rings is 1. The normalized spacial score (nSPS) is 22.1. The number of fused-ring (bicyclic) bond motifs is 4. The van der Waals surface area contributed by atoms with Crippen LogP contribution >= 0.6 is 11.6 Å². The molecule has 1 amide bonds. The first-order chi connectivity index (χ1) is 31.2. The summed E-state index contributed by atoms with van der Waals surface area (Å²) in [6.07, 6.45) is 7.62. The third kappa shape index (κ3) is 9.12. The summed E-state index contributed by atoms with van der Waals surface area (Å²) in [5.74, 6) is -0.507. The molecule has 4 aliphatic heterocycles. The molecule has 6 heterocycles. The standard InChI is InChI=1S/C47H51ClN8O8S/c1-47(2)11-9-31(40(22-47)29-3-5-32(48)6-4-29)24-53-13-15-54(16-14-53)34-7-8-39(42(19-34)64-36-17-30-10-12-49-45(30)50-23-36)46(57)52-65(60,61)38-20-41(56(58)59)44-43(21-38)63-27-33(51-44)25-55-26-37-18-35(55)28-62-37/h3-8,10,12,17,19-21,23,33,35,37,51H,9,11,13-16,18,22,24-28H2,1-2H3,(H,49,50)(H,52,57)/t33-,35+,37+/m0/s1. The van der Waals surface area contributed by atoms with Gasteiger partial charge in [-0.1, -0.05) is 43.2 Å². The van der Waals surface area contributed by atoms with Gasteiger partial charge in [-0.15, -0.1) is 0 Å². The summed E-state index contributed by atoms with van der Waals surface area (Å²) >= 11 is 6.25. The van der Waals surface area contributed by atoms with E-state index in [1.54, 1.807) is 24.4 Å². The van der Waals surface area contributed by atoms with Crippen LogP contribution in [0.1, 0.15) is 55.5 Å². The topological polar surface area (TPSA) is 184 Å². The van der Waals surface area contributed by atoms with Crippen molar-refractivity contribution in [1.82, 2.24) is 24.5 Å². The molecule has 2 bridgehead atoms. The summed E-state index contributed by atoms with van der Waals surface area (Å²) in [5.41, 5.74) is 5.33. The second-order valence-corrected chi connectivity index (χ2v) is 20.6. The second-order valence-electron chi connectivity index (χ2n) is 18.5. The van der Waals surface area contributed by atoms with E-state index in [-0.39, 0.29) is 46.9 Å². The zero-order valence-corrected chi connectivity index (χ0v) is 37.8. The maximum atomic E-state index is 14.1. The smallest absolute Gasteiger partial charge is 0.297 e. The van der Waals surface area contributed by atoms with Crippen molar-refractivity contribution in [2.24, 2.45) is 5.41 Å². The summed E-state index contributed by atoms with van der Waals surface area (Å²) in [4.78, 5) is 39.8. The number of hydrogen-bond donors (Lipinski definition) is 3. The zero-order chi connectivity index (χ0) is 45.0. The number of rotatable bonds is 12. The first kappa shape index (κ1) is 43.2. The average molecular weight is 923 g/mol. The van der Waals surface area contributed by atoms with Crippen LogP contribution in [0.25, 0.3) is 16.6 Å². The number of ether oxygens (including phenoxy) is 3. The molecule has 3 atom stereocenters. The number of amides is 1. The van der Waals surface area contributed by atoms with Crippen molar-refractivity contribution in [2.45, 2.75) is 62.6 Å². The quantitative estimate of drug-likeness (QED) is 0.0828. The second kappa shape index (κ2) is 17.3. The van der Waals surface area contributed by atoms with Gasteiger partial charge in [0, 0.05) is 92.3 Å². The van der Waals surface area contributed by atoms with Gasteiger partial charge in [0.1, 0.15) is 23.8 Å². The third-order valence-corrected chi connectivity index (χ3v) is 15.0. The third-order valence-electron chi connectivity index (χ3n) is 13.4. The maximum absolute atomic E-state index is 14.1. The number of nitrogens with one attached hydrogen (secondary N) is 3. The fraction of sp³-hybridized carbons (Fsp3) is 0.404. The number of halogens is 1. The fourth-order valence-electron chi connectivity index (χ4n) is 9.87. The van der Waals surface area contributed by atoms with Crippen molar-refractivity contribution in [3.05, 3.63) is 111 Å². The molecule has 65 heavy (non-hydrogen) atoms. The van der Waals surface area contributed by atoms with Crippen LogP contribution in [-0.2, 0) is 14.8 Å². The lowest BCUT2D eigenvalue weighted by molar-refractivity contribution is -0.384. The molecule has 18 heteroatoms. The van der Waals surface area contributed by atoms with Gasteiger partial charge in [-0.2, -0.15) is 0 Å². The molecule has 0 unspecified atom stereocenters. The van der Waals surface area contributed by atoms with Gasteiger partial charge in [0.05, 0.1) is 40.3 Å². The number of pyridine rings is 1. The van der Waals surface area contributed by atoms with E-state index in [2.05, 4.69) is 60.7 Å². The number of carbonyl (C=O) groups is 1. The fourth-order valence-corrected chi connectivity index (χ4v) is 11.0. The minimum absolute atomic E-state index is 0.0112. The van der Waals surface area contributed by atoms with Crippen molar-refractivity contribution in [2.75, 3.05) is 69.2 Å². The molecule has 0 spiro atoms. The monoisotopic (exact) mass is 922 g/mol. The number of piperazine rings is 1. The molecule has 3 fully saturated rings. The highest BCUT2D eigenvalue weighted by molar-refractivity contribution is 7.90. The van der Waals surface area contributed by atoms with Crippen LogP contribution in [0.5, 0.6) is 17.2 Å². The Bertz CT molecular complexity index is 2810. The molecule has 3 saturated heterocycles. The van der Waals surface area contributed by atoms with Gasteiger partial charge in [-0.25, -0.2) is 18.1 Å². The number of hydrogen-bond acceptors (Lipinski definition) is 13. The number of allylic oxidation sites excluding steroid dienone is 1. The van der Waals surface area contributed by atoms with Crippen LogP contribution in [0.2, 0.25) is 5.02 Å². The lowest BCUT2D eigenvalue weighted by atomic mass is 9.72. The molecule has 5 aliphatic rings. The highest BCUT2D eigenvalue weighted by Crippen LogP contribution is 2.44. The Hall–Kier alpha value is -5.72. The number of carbonyl (C=O) groups excluding carboxylic acids is 1. The van der Waals surface area contributed by atoms with E-state index in [1.807, 2.05) is 18.2 Å². The lowest BCUT2D eigenvalue weighted by Gasteiger charge is -2.39. The Morgan fingerprint density at radius 1 is 1.06 bits per heavy atom. The van der Waals surface area contributed by atoms with Crippen LogP contribution < -0.4 is 24.4 Å². The highest BCUT2D eigenvalue weighted by Gasteiger charge is 2.41. The van der Waals surface area contributed by atoms with E-state index >= 15 is 0 Å². The van der Waals surface area contributed by atoms with Gasteiger partial charge >= 0.3 is 0 Å². The van der Waals surface area contributed by atoms with Gasteiger partial charge < -0.3 is 29.4 Å². The van der Waals surface area contributed by atoms with Crippen molar-refractivity contribution in [3.8, 4) is 17.2 Å². The summed E-state index contributed by atoms with van der Waals surface area (Å²) in [6, 6.07) is 19.0. The molecule has 3 N–H and O–H groups in total. The predicted octanol–water partition coefficient (Wildman–Crippen LogP) is 7.47. The van der Waals surface area contributed by atoms with E-state index in [0.29, 0.717) is 43.7 Å². The van der Waals surface area contributed by atoms with Gasteiger partial charge in [-0.3, -0.25) is 24.7 Å². The Balaban J connectivity index is 0.872. The SMILES string of the molecule is CC1(C)CCC(CN2CCN(c3ccc(C(=O)NS(=O)(=O)c4cc5c(c([N+](=O)[O-])c4)N[C@@H](CN4C[C@H]6C[C@@H]4CO6)CO5)c(Oc4cnc5[nH]ccc5c4)c3)CC2)=C(c2ccc(Cl)cc2)C1. The number of nitro benzene ring substituents is 1. The molecule has 340 valence electrons. The molecule has 10 rings (SSSR count). The van der Waals surface area contributed by atoms with E-state index in [4.69, 9.17) is 25.8 Å². The minimum Gasteiger partial charge on any atom is -0.489 e. The van der Waals surface area contributed by atoms with E-state index in [9.17, 15) is 23.3 Å². The number of nitro groups is 1. The average Bonchev–Trinajstić information content (AvgIpc) is 4.05. The number of anilines is 2. The molecule has 0 radical (unpaired) electrons. The summed E-state index contributed by atoms with van der Waals surface area (Å²) in [7, 11) is -4.66. The van der Waals surface area contributed by atoms with Gasteiger partial charge in [0.2, 0.25) is 0 Å². The molecule has 3 aromatic carbocycles. The molecule has 16 nitrogen and oxygen atoms in total. The van der Waals surface area contributed by atoms with E-state index in [0.717, 1.165) is 74.0 Å². The van der Waals surface area contributed by atoms with Crippen molar-refractivity contribution < 1.29 is 32.3 Å². The van der Waals surface area contributed by atoms with Crippen LogP contribution in [0.4, 0.5) is 17.1 Å². The van der Waals surface area contributed by atoms with Crippen molar-refractivity contribution >= 4 is 61.2 Å². The van der Waals surface area contributed by atoms with Crippen LogP contribution in [0.3, 0.4) is 0 Å². The Labute approximate surface area is 382 Å². The van der Waals surface area contributed by atoms with Crippen LogP contribution in [0.15, 0.2) is 89.6 Å². The number of likely N-dealkylation sites (tertiary alicyclic amines) is 1. The first-order valence-electron chi connectivity index (χ1n) is 22.1. The number of H-pyrrole nitrogens is 1. The number of aromatic amines is 1. The zero-order valence-electron chi connectivity index (χ0n) is 36.2. The van der Waals surface area contributed by atoms with Crippen LogP contribution in [0, 0.1) is 15.5 Å². The van der Waals surface area contributed by atoms with Crippen LogP contribution in [-0.4, -0.2) is 116 Å². The lowest BCUT2D eigenvalue weighted by Crippen LogP contribution is -2.47. The van der Waals surface area contributed by atoms with Crippen molar-refractivity contribution in [1.29, 1.82) is 0 Å². The molecule has 0 saturated carbocycles. The number of aromatic nitrogens is 2.